The highest BCUT2D eigenvalue weighted by molar-refractivity contribution is 5.83. The molecule has 0 aliphatic rings. The quantitative estimate of drug-likeness (QED) is 0.510. The van der Waals surface area contributed by atoms with Crippen LogP contribution in [0.3, 0.4) is 0 Å². The maximum absolute atomic E-state index is 4.78. The summed E-state index contributed by atoms with van der Waals surface area (Å²) in [4.78, 5) is 10.3. The Labute approximate surface area is 151 Å². The van der Waals surface area contributed by atoms with Crippen molar-refractivity contribution >= 4 is 16.9 Å². The molecule has 5 nitrogen and oxygen atoms in total. The number of aromatic nitrogens is 1. The molecule has 0 saturated heterocycles. The number of hydrogen-bond donors (Lipinski definition) is 3. The molecule has 25 heavy (non-hydrogen) atoms. The van der Waals surface area contributed by atoms with Crippen LogP contribution in [-0.2, 0) is 6.42 Å². The molecule has 1 aromatic carbocycles. The second-order valence-electron chi connectivity index (χ2n) is 7.63. The lowest BCUT2D eigenvalue weighted by Gasteiger charge is -2.26. The first-order valence-corrected chi connectivity index (χ1v) is 9.13. The molecule has 0 bridgehead atoms. The summed E-state index contributed by atoms with van der Waals surface area (Å²) in [7, 11) is 4.21. The number of benzene rings is 1. The molecule has 1 heterocycles. The van der Waals surface area contributed by atoms with Gasteiger partial charge in [-0.05, 0) is 44.5 Å². The highest BCUT2D eigenvalue weighted by atomic mass is 15.2. The van der Waals surface area contributed by atoms with Crippen molar-refractivity contribution < 1.29 is 0 Å². The van der Waals surface area contributed by atoms with Gasteiger partial charge in [0, 0.05) is 43.3 Å². The van der Waals surface area contributed by atoms with Crippen LogP contribution in [0.1, 0.15) is 26.3 Å². The number of nitrogens with zero attached hydrogens (tertiary/aromatic N) is 2. The molecule has 0 unspecified atom stereocenters. The molecule has 2 rings (SSSR count). The Morgan fingerprint density at radius 2 is 1.96 bits per heavy atom. The van der Waals surface area contributed by atoms with Gasteiger partial charge >= 0.3 is 0 Å². The van der Waals surface area contributed by atoms with Crippen LogP contribution in [0.4, 0.5) is 0 Å². The van der Waals surface area contributed by atoms with Crippen LogP contribution in [0.2, 0.25) is 0 Å². The molecule has 0 spiro atoms. The van der Waals surface area contributed by atoms with Crippen molar-refractivity contribution in [2.45, 2.75) is 27.2 Å². The lowest BCUT2D eigenvalue weighted by Crippen LogP contribution is -2.40. The minimum Gasteiger partial charge on any atom is -0.361 e. The number of hydrogen-bond acceptors (Lipinski definition) is 2. The first-order chi connectivity index (χ1) is 11.9. The molecule has 1 aromatic heterocycles. The highest BCUT2D eigenvalue weighted by Gasteiger charge is 2.18. The van der Waals surface area contributed by atoms with Gasteiger partial charge in [0.25, 0.3) is 0 Å². The number of H-pyrrole nitrogens is 1. The predicted molar refractivity (Wildman–Crippen MR) is 108 cm³/mol. The normalized spacial score (nSPS) is 12.8. The van der Waals surface area contributed by atoms with Crippen molar-refractivity contribution in [2.75, 3.05) is 40.3 Å². The fourth-order valence-electron chi connectivity index (χ4n) is 3.19. The molecule has 138 valence electrons. The van der Waals surface area contributed by atoms with Crippen molar-refractivity contribution in [3.8, 4) is 0 Å². The molecule has 0 radical (unpaired) electrons. The van der Waals surface area contributed by atoms with E-state index in [-0.39, 0.29) is 5.41 Å². The van der Waals surface area contributed by atoms with Gasteiger partial charge in [0.1, 0.15) is 0 Å². The number of guanidine groups is 1. The van der Waals surface area contributed by atoms with E-state index in [2.05, 4.69) is 85.8 Å². The Kier molecular flexibility index (Phi) is 6.88. The number of rotatable bonds is 8. The van der Waals surface area contributed by atoms with E-state index in [0.717, 1.165) is 38.6 Å². The Morgan fingerprint density at radius 1 is 1.20 bits per heavy atom. The molecule has 3 N–H and O–H groups in total. The summed E-state index contributed by atoms with van der Waals surface area (Å²) >= 11 is 0. The molecule has 0 saturated carbocycles. The second kappa shape index (κ2) is 8.90. The van der Waals surface area contributed by atoms with Gasteiger partial charge in [0.2, 0.25) is 0 Å². The first kappa shape index (κ1) is 19.3. The highest BCUT2D eigenvalue weighted by Crippen LogP contribution is 2.18. The molecular weight excluding hydrogens is 310 g/mol. The summed E-state index contributed by atoms with van der Waals surface area (Å²) < 4.78 is 0. The molecule has 0 aliphatic heterocycles. The van der Waals surface area contributed by atoms with Crippen LogP contribution in [0, 0.1) is 5.41 Å². The third-order valence-electron chi connectivity index (χ3n) is 4.12. The molecule has 0 aliphatic carbocycles. The molecule has 2 aromatic rings. The van der Waals surface area contributed by atoms with Crippen molar-refractivity contribution in [2.24, 2.45) is 10.4 Å². The zero-order chi connectivity index (χ0) is 18.3. The van der Waals surface area contributed by atoms with Gasteiger partial charge in [0.15, 0.2) is 5.96 Å². The van der Waals surface area contributed by atoms with Crippen molar-refractivity contribution in [3.05, 3.63) is 36.0 Å². The largest absolute Gasteiger partial charge is 0.361 e. The van der Waals surface area contributed by atoms with Crippen LogP contribution in [0.25, 0.3) is 10.9 Å². The van der Waals surface area contributed by atoms with Gasteiger partial charge < -0.3 is 20.5 Å². The van der Waals surface area contributed by atoms with Crippen LogP contribution >= 0.6 is 0 Å². The van der Waals surface area contributed by atoms with E-state index in [1.54, 1.807) is 0 Å². The van der Waals surface area contributed by atoms with Crippen LogP contribution in [0.5, 0.6) is 0 Å². The number of aliphatic imine (C=N–C) groups is 1. The SMILES string of the molecule is CCNC(=NCC(C)(C)CN(C)C)NCCc1c[nH]c2ccccc12. The zero-order valence-electron chi connectivity index (χ0n) is 16.3. The maximum Gasteiger partial charge on any atom is 0.191 e. The van der Waals surface area contributed by atoms with Gasteiger partial charge in [-0.15, -0.1) is 0 Å². The Bertz CT molecular complexity index is 684. The molecular formula is C20H33N5. The lowest BCUT2D eigenvalue weighted by atomic mass is 9.93. The topological polar surface area (TPSA) is 55.5 Å². The van der Waals surface area contributed by atoms with E-state index < -0.39 is 0 Å². The number of aromatic amines is 1. The van der Waals surface area contributed by atoms with Crippen molar-refractivity contribution in [3.63, 3.8) is 0 Å². The van der Waals surface area contributed by atoms with Gasteiger partial charge in [-0.3, -0.25) is 4.99 Å². The summed E-state index contributed by atoms with van der Waals surface area (Å²) in [5.41, 5.74) is 2.69. The number of fused-ring (bicyclic) bond motifs is 1. The van der Waals surface area contributed by atoms with Gasteiger partial charge in [-0.1, -0.05) is 32.0 Å². The van der Waals surface area contributed by atoms with E-state index in [0.29, 0.717) is 0 Å². The Balaban J connectivity index is 1.91. The average molecular weight is 344 g/mol. The summed E-state index contributed by atoms with van der Waals surface area (Å²) in [5.74, 6) is 0.897. The Morgan fingerprint density at radius 3 is 2.68 bits per heavy atom. The Hall–Kier alpha value is -2.01. The van der Waals surface area contributed by atoms with Crippen LogP contribution < -0.4 is 10.6 Å². The van der Waals surface area contributed by atoms with Gasteiger partial charge in [-0.2, -0.15) is 0 Å². The van der Waals surface area contributed by atoms with E-state index >= 15 is 0 Å². The third kappa shape index (κ3) is 6.09. The summed E-state index contributed by atoms with van der Waals surface area (Å²) in [6.45, 7) is 10.2. The van der Waals surface area contributed by atoms with Crippen LogP contribution in [-0.4, -0.2) is 56.1 Å². The van der Waals surface area contributed by atoms with E-state index in [1.165, 1.54) is 16.5 Å². The predicted octanol–water partition coefficient (Wildman–Crippen LogP) is 2.85. The summed E-state index contributed by atoms with van der Waals surface area (Å²) in [6, 6.07) is 8.44. The van der Waals surface area contributed by atoms with Crippen molar-refractivity contribution in [1.29, 1.82) is 0 Å². The monoisotopic (exact) mass is 343 g/mol. The second-order valence-corrected chi connectivity index (χ2v) is 7.63. The smallest absolute Gasteiger partial charge is 0.191 e. The van der Waals surface area contributed by atoms with E-state index in [1.807, 2.05) is 0 Å². The third-order valence-corrected chi connectivity index (χ3v) is 4.12. The summed E-state index contributed by atoms with van der Waals surface area (Å²) in [5, 5.41) is 8.11. The number of para-hydroxylation sites is 1. The fraction of sp³-hybridized carbons (Fsp3) is 0.550. The maximum atomic E-state index is 4.78. The van der Waals surface area contributed by atoms with E-state index in [9.17, 15) is 0 Å². The summed E-state index contributed by atoms with van der Waals surface area (Å²) in [6.07, 6.45) is 3.08. The molecule has 0 fully saturated rings. The minimum absolute atomic E-state index is 0.155. The van der Waals surface area contributed by atoms with Crippen LogP contribution in [0.15, 0.2) is 35.5 Å². The fourth-order valence-corrected chi connectivity index (χ4v) is 3.19. The van der Waals surface area contributed by atoms with Gasteiger partial charge in [0.05, 0.1) is 0 Å². The first-order valence-electron chi connectivity index (χ1n) is 9.13. The number of nitrogens with one attached hydrogen (secondary N) is 3. The minimum atomic E-state index is 0.155. The molecule has 0 amide bonds. The standard InChI is InChI=1S/C20H33N5/c1-6-21-19(24-14-20(2,3)15-25(4)5)22-12-11-16-13-23-18-10-8-7-9-17(16)18/h7-10,13,23H,6,11-12,14-15H2,1-5H3,(H2,21,22,24). The molecule has 5 heteroatoms. The molecule has 0 atom stereocenters. The van der Waals surface area contributed by atoms with E-state index in [4.69, 9.17) is 4.99 Å². The van der Waals surface area contributed by atoms with Gasteiger partial charge in [-0.25, -0.2) is 0 Å². The zero-order valence-corrected chi connectivity index (χ0v) is 16.3. The average Bonchev–Trinajstić information content (AvgIpc) is 2.95. The van der Waals surface area contributed by atoms with Crippen molar-refractivity contribution in [1.82, 2.24) is 20.5 Å². The lowest BCUT2D eigenvalue weighted by molar-refractivity contribution is 0.248.